The van der Waals surface area contributed by atoms with Crippen LogP contribution >= 0.6 is 11.6 Å². The van der Waals surface area contributed by atoms with Crippen LogP contribution < -0.4 is 0 Å². The van der Waals surface area contributed by atoms with Crippen molar-refractivity contribution in [3.63, 3.8) is 0 Å². The zero-order valence-corrected chi connectivity index (χ0v) is 11.4. The number of benzene rings is 2. The second-order valence-electron chi connectivity index (χ2n) is 4.28. The Morgan fingerprint density at radius 3 is 2.14 bits per heavy atom. The van der Waals surface area contributed by atoms with E-state index in [0.29, 0.717) is 0 Å². The Morgan fingerprint density at radius 1 is 0.905 bits per heavy atom. The van der Waals surface area contributed by atoms with Crippen LogP contribution in [0.25, 0.3) is 22.2 Å². The third-order valence-corrected chi connectivity index (χ3v) is 2.90. The number of nitrogens with one attached hydrogen (secondary N) is 1. The molecule has 0 fully saturated rings. The van der Waals surface area contributed by atoms with Crippen LogP contribution in [0.1, 0.15) is 1.43 Å². The molecule has 0 radical (unpaired) electrons. The topological polar surface area (TPSA) is 15.8 Å². The molecular weight excluding hydrogens is 304 g/mol. The van der Waals surface area contributed by atoms with Crippen LogP contribution in [0.3, 0.4) is 0 Å². The first-order chi connectivity index (χ1) is 9.83. The summed E-state index contributed by atoms with van der Waals surface area (Å²) in [7, 11) is -6.00. The predicted octanol–water partition coefficient (Wildman–Crippen LogP) is 5.90. The molecule has 0 amide bonds. The maximum Gasteiger partial charge on any atom is 1.00 e. The summed E-state index contributed by atoms with van der Waals surface area (Å²) in [6.45, 7) is 0. The minimum atomic E-state index is -6.00. The molecule has 110 valence electrons. The van der Waals surface area contributed by atoms with Gasteiger partial charge >= 0.3 is 8.68 Å². The van der Waals surface area contributed by atoms with E-state index in [9.17, 15) is 17.3 Å². The number of H-pyrrole nitrogens is 1. The number of hydrogen-bond donors (Lipinski definition) is 1. The molecule has 1 aromatic heterocycles. The van der Waals surface area contributed by atoms with Gasteiger partial charge in [-0.15, -0.1) is 0 Å². The molecule has 2 aromatic carbocycles. The lowest BCUT2D eigenvalue weighted by atomic mass is 10.1. The van der Waals surface area contributed by atoms with Gasteiger partial charge in [-0.2, -0.15) is 0 Å². The number of rotatable bonds is 1. The molecule has 7 heteroatoms. The molecule has 0 atom stereocenters. The largest absolute Gasteiger partial charge is 1.00 e. The number of halogens is 5. The fraction of sp³-hybridized carbons (Fsp3) is 0. The van der Waals surface area contributed by atoms with E-state index >= 15 is 0 Å². The van der Waals surface area contributed by atoms with Crippen molar-refractivity contribution in [2.45, 2.75) is 0 Å². The molecule has 1 N–H and O–H groups in total. The predicted molar refractivity (Wildman–Crippen MR) is 80.0 cm³/mol. The van der Waals surface area contributed by atoms with Crippen molar-refractivity contribution in [3.05, 3.63) is 59.6 Å². The summed E-state index contributed by atoms with van der Waals surface area (Å²) in [5, 5.41) is 1.91. The Bertz CT molecular complexity index is 725. The molecule has 0 bridgehead atoms. The number of hydrogen-bond acceptors (Lipinski definition) is 0. The summed E-state index contributed by atoms with van der Waals surface area (Å²) in [4.78, 5) is 3.38. The smallest absolute Gasteiger partial charge is 0.418 e. The van der Waals surface area contributed by atoms with Crippen molar-refractivity contribution >= 4 is 29.8 Å². The first kappa shape index (κ1) is 15.4. The lowest BCUT2D eigenvalue weighted by Gasteiger charge is -1.94. The summed E-state index contributed by atoms with van der Waals surface area (Å²) in [6.07, 6.45) is 0. The monoisotopic (exact) mass is 315 g/mol. The van der Waals surface area contributed by atoms with Crippen molar-refractivity contribution in [1.82, 2.24) is 4.98 Å². The normalized spacial score (nSPS) is 11.1. The fourth-order valence-corrected chi connectivity index (χ4v) is 2.06. The maximum absolute atomic E-state index is 9.75. The van der Waals surface area contributed by atoms with Crippen LogP contribution in [0.15, 0.2) is 54.6 Å². The lowest BCUT2D eigenvalue weighted by Crippen LogP contribution is -2.02. The van der Waals surface area contributed by atoms with Crippen molar-refractivity contribution in [2.75, 3.05) is 0 Å². The Hall–Kier alpha value is -1.95. The van der Waals surface area contributed by atoms with Gasteiger partial charge in [0, 0.05) is 21.6 Å². The average molecular weight is 316 g/mol. The molecule has 1 nitrogen and oxygen atoms in total. The molecule has 0 unspecified atom stereocenters. The SMILES string of the molecule is Clc1ccc2[nH]c(-c3ccccc3)cc2c1.F[B-](F)(F)F.[H+]. The van der Waals surface area contributed by atoms with Gasteiger partial charge in [-0.25, -0.2) is 0 Å². The highest BCUT2D eigenvalue weighted by atomic mass is 35.5. The van der Waals surface area contributed by atoms with Gasteiger partial charge in [0.1, 0.15) is 0 Å². The van der Waals surface area contributed by atoms with Gasteiger partial charge < -0.3 is 22.2 Å². The minimum absolute atomic E-state index is 0. The summed E-state index contributed by atoms with van der Waals surface area (Å²) >= 11 is 5.96. The third-order valence-electron chi connectivity index (χ3n) is 2.67. The second-order valence-corrected chi connectivity index (χ2v) is 4.71. The second kappa shape index (κ2) is 6.22. The summed E-state index contributed by atoms with van der Waals surface area (Å²) in [5.41, 5.74) is 3.43. The standard InChI is InChI=1S/C14H10ClN.BF4/c15-12-6-7-13-11(8-12)9-14(16-13)10-4-2-1-3-5-10;2-1(3,4)5/h1-9,16H;/q;-1/p+1. The molecule has 0 aliphatic heterocycles. The molecule has 0 spiro atoms. The van der Waals surface area contributed by atoms with Crippen molar-refractivity contribution in [3.8, 4) is 11.3 Å². The molecule has 3 aromatic rings. The van der Waals surface area contributed by atoms with Crippen LogP contribution in [0.4, 0.5) is 17.3 Å². The molecule has 21 heavy (non-hydrogen) atoms. The van der Waals surface area contributed by atoms with Gasteiger partial charge in [-0.1, -0.05) is 41.9 Å². The van der Waals surface area contributed by atoms with Crippen molar-refractivity contribution < 1.29 is 18.7 Å². The van der Waals surface area contributed by atoms with Crippen LogP contribution in [-0.2, 0) is 0 Å². The Morgan fingerprint density at radius 2 is 1.52 bits per heavy atom. The van der Waals surface area contributed by atoms with Gasteiger partial charge in [-0.3, -0.25) is 0 Å². The Labute approximate surface area is 125 Å². The highest BCUT2D eigenvalue weighted by Gasteiger charge is 2.20. The Balaban J connectivity index is 0.000000356. The van der Waals surface area contributed by atoms with E-state index in [1.807, 2.05) is 36.4 Å². The van der Waals surface area contributed by atoms with Crippen LogP contribution in [-0.4, -0.2) is 12.2 Å². The Kier molecular flexibility index (Phi) is 4.58. The summed E-state index contributed by atoms with van der Waals surface area (Å²) < 4.78 is 39.0. The van der Waals surface area contributed by atoms with E-state index < -0.39 is 7.25 Å². The van der Waals surface area contributed by atoms with E-state index in [1.165, 1.54) is 5.56 Å². The van der Waals surface area contributed by atoms with Crippen LogP contribution in [0.5, 0.6) is 0 Å². The quantitative estimate of drug-likeness (QED) is 0.425. The number of aromatic amines is 1. The fourth-order valence-electron chi connectivity index (χ4n) is 1.88. The molecule has 3 rings (SSSR count). The highest BCUT2D eigenvalue weighted by Crippen LogP contribution is 2.25. The first-order valence-corrected chi connectivity index (χ1v) is 6.42. The maximum atomic E-state index is 9.75. The van der Waals surface area contributed by atoms with Gasteiger partial charge in [-0.05, 0) is 29.8 Å². The van der Waals surface area contributed by atoms with Gasteiger partial charge in [0.2, 0.25) is 0 Å². The molecule has 0 saturated carbocycles. The first-order valence-electron chi connectivity index (χ1n) is 6.04. The zero-order valence-electron chi connectivity index (χ0n) is 11.7. The van der Waals surface area contributed by atoms with E-state index in [1.54, 1.807) is 0 Å². The van der Waals surface area contributed by atoms with E-state index in [0.717, 1.165) is 21.6 Å². The van der Waals surface area contributed by atoms with Gasteiger partial charge in [0.05, 0.1) is 0 Å². The summed E-state index contributed by atoms with van der Waals surface area (Å²) in [6, 6.07) is 18.3. The highest BCUT2D eigenvalue weighted by molar-refractivity contribution is 6.50. The third kappa shape index (κ3) is 4.83. The van der Waals surface area contributed by atoms with E-state index in [-0.39, 0.29) is 1.43 Å². The molecule has 0 aliphatic rings. The number of fused-ring (bicyclic) bond motifs is 1. The molecular formula is C14H11BClF4N. The van der Waals surface area contributed by atoms with Crippen molar-refractivity contribution in [2.24, 2.45) is 0 Å². The number of aromatic nitrogens is 1. The van der Waals surface area contributed by atoms with E-state index in [2.05, 4.69) is 23.2 Å². The molecule has 0 saturated heterocycles. The lowest BCUT2D eigenvalue weighted by molar-refractivity contribution is 0.368. The van der Waals surface area contributed by atoms with Gasteiger partial charge in [0.15, 0.2) is 0 Å². The van der Waals surface area contributed by atoms with Crippen molar-refractivity contribution in [1.29, 1.82) is 0 Å². The zero-order chi connectivity index (χ0) is 15.5. The van der Waals surface area contributed by atoms with Crippen LogP contribution in [0, 0.1) is 0 Å². The molecule has 1 heterocycles. The van der Waals surface area contributed by atoms with Crippen LogP contribution in [0.2, 0.25) is 5.02 Å². The van der Waals surface area contributed by atoms with E-state index in [4.69, 9.17) is 11.6 Å². The minimum Gasteiger partial charge on any atom is -0.418 e. The summed E-state index contributed by atoms with van der Waals surface area (Å²) in [5.74, 6) is 0. The molecule has 0 aliphatic carbocycles. The average Bonchev–Trinajstić information content (AvgIpc) is 2.81. The van der Waals surface area contributed by atoms with Gasteiger partial charge in [0.25, 0.3) is 0 Å².